The van der Waals surface area contributed by atoms with Crippen molar-refractivity contribution in [2.45, 2.75) is 25.1 Å². The number of cyclic esters (lactones) is 1. The van der Waals surface area contributed by atoms with Crippen LogP contribution in [-0.2, 0) is 20.8 Å². The van der Waals surface area contributed by atoms with Gasteiger partial charge in [-0.05, 0) is 6.07 Å². The number of nitrogens with zero attached hydrogens (tertiary/aromatic N) is 3. The summed E-state index contributed by atoms with van der Waals surface area (Å²) in [6, 6.07) is 1.82. The number of carbonyl (C=O) groups is 1. The number of esters is 1. The second-order valence-corrected chi connectivity index (χ2v) is 4.69. The van der Waals surface area contributed by atoms with Crippen LogP contribution in [0.2, 0.25) is 0 Å². The first-order valence-electron chi connectivity index (χ1n) is 6.32. The van der Waals surface area contributed by atoms with Gasteiger partial charge in [-0.15, -0.1) is 0 Å². The highest BCUT2D eigenvalue weighted by Crippen LogP contribution is 2.18. The lowest BCUT2D eigenvalue weighted by molar-refractivity contribution is -0.144. The molecular formula is C12H17N3O3. The fourth-order valence-electron chi connectivity index (χ4n) is 2.57. The summed E-state index contributed by atoms with van der Waals surface area (Å²) in [7, 11) is 0. The predicted molar refractivity (Wildman–Crippen MR) is 62.9 cm³/mol. The number of morpholine rings is 1. The maximum Gasteiger partial charge on any atom is 0.323 e. The van der Waals surface area contributed by atoms with Crippen molar-refractivity contribution in [3.05, 3.63) is 18.5 Å². The average molecular weight is 251 g/mol. The molecule has 0 aliphatic carbocycles. The lowest BCUT2D eigenvalue weighted by atomic mass is 10.1. The molecule has 1 aromatic heterocycles. The van der Waals surface area contributed by atoms with Crippen molar-refractivity contribution in [2.24, 2.45) is 0 Å². The predicted octanol–water partition coefficient (Wildman–Crippen LogP) is -0.101. The van der Waals surface area contributed by atoms with E-state index < -0.39 is 0 Å². The molecule has 0 bridgehead atoms. The Balaban J connectivity index is 1.59. The lowest BCUT2D eigenvalue weighted by Crippen LogP contribution is -2.50. The van der Waals surface area contributed by atoms with Crippen LogP contribution in [0.3, 0.4) is 0 Å². The Bertz CT molecular complexity index is 407. The summed E-state index contributed by atoms with van der Waals surface area (Å²) >= 11 is 0. The smallest absolute Gasteiger partial charge is 0.323 e. The highest BCUT2D eigenvalue weighted by molar-refractivity contribution is 5.77. The summed E-state index contributed by atoms with van der Waals surface area (Å²) in [5.41, 5.74) is 0. The van der Waals surface area contributed by atoms with Gasteiger partial charge in [-0.1, -0.05) is 0 Å². The van der Waals surface area contributed by atoms with Crippen molar-refractivity contribution >= 4 is 5.97 Å². The average Bonchev–Trinajstić information content (AvgIpc) is 3.01. The van der Waals surface area contributed by atoms with Gasteiger partial charge in [0.2, 0.25) is 0 Å². The third-order valence-electron chi connectivity index (χ3n) is 3.47. The first-order valence-corrected chi connectivity index (χ1v) is 6.32. The van der Waals surface area contributed by atoms with E-state index in [1.54, 1.807) is 6.20 Å². The molecule has 3 heterocycles. The molecule has 0 spiro atoms. The van der Waals surface area contributed by atoms with E-state index in [-0.39, 0.29) is 18.1 Å². The number of aromatic nitrogens is 2. The molecule has 0 radical (unpaired) electrons. The van der Waals surface area contributed by atoms with Crippen LogP contribution in [0.4, 0.5) is 0 Å². The van der Waals surface area contributed by atoms with Crippen LogP contribution in [0, 0.1) is 0 Å². The van der Waals surface area contributed by atoms with Crippen LogP contribution in [0.15, 0.2) is 18.5 Å². The monoisotopic (exact) mass is 251 g/mol. The number of ether oxygens (including phenoxy) is 2. The number of hydrogen-bond donors (Lipinski definition) is 0. The summed E-state index contributed by atoms with van der Waals surface area (Å²) in [6.45, 7) is 3.50. The normalized spacial score (nSPS) is 29.4. The molecule has 2 aliphatic heterocycles. The molecule has 0 N–H and O–H groups in total. The van der Waals surface area contributed by atoms with Crippen molar-refractivity contribution in [1.29, 1.82) is 0 Å². The zero-order valence-corrected chi connectivity index (χ0v) is 10.2. The van der Waals surface area contributed by atoms with E-state index in [4.69, 9.17) is 9.47 Å². The lowest BCUT2D eigenvalue weighted by Gasteiger charge is -2.35. The van der Waals surface area contributed by atoms with E-state index >= 15 is 0 Å². The molecule has 0 saturated carbocycles. The highest BCUT2D eigenvalue weighted by Gasteiger charge is 2.35. The molecule has 1 aromatic rings. The van der Waals surface area contributed by atoms with E-state index in [1.807, 2.05) is 16.9 Å². The van der Waals surface area contributed by atoms with Crippen LogP contribution >= 0.6 is 0 Å². The van der Waals surface area contributed by atoms with Crippen LogP contribution in [0.1, 0.15) is 6.42 Å². The van der Waals surface area contributed by atoms with Gasteiger partial charge in [0.25, 0.3) is 0 Å². The Hall–Kier alpha value is -1.40. The summed E-state index contributed by atoms with van der Waals surface area (Å²) in [5.74, 6) is -0.0882. The van der Waals surface area contributed by atoms with Gasteiger partial charge in [0, 0.05) is 31.9 Å². The zero-order chi connectivity index (χ0) is 12.4. The van der Waals surface area contributed by atoms with Crippen molar-refractivity contribution < 1.29 is 14.3 Å². The second kappa shape index (κ2) is 5.07. The Morgan fingerprint density at radius 2 is 2.39 bits per heavy atom. The standard InChI is InChI=1S/C12H17N3O3/c16-12-11(2-6-18-12)14-5-7-17-10(8-14)9-15-4-1-3-13-15/h1,3-4,10-11H,2,5-9H2/t10-,11+/m0/s1. The molecule has 2 saturated heterocycles. The SMILES string of the molecule is O=C1OCC[C@H]1N1CCO[C@H](Cn2cccn2)C1. The molecule has 18 heavy (non-hydrogen) atoms. The van der Waals surface area contributed by atoms with Crippen molar-refractivity contribution in [3.8, 4) is 0 Å². The van der Waals surface area contributed by atoms with E-state index in [0.717, 1.165) is 26.1 Å². The van der Waals surface area contributed by atoms with Crippen molar-refractivity contribution in [3.63, 3.8) is 0 Å². The third kappa shape index (κ3) is 2.39. The molecule has 6 heteroatoms. The van der Waals surface area contributed by atoms with Gasteiger partial charge in [-0.3, -0.25) is 14.4 Å². The third-order valence-corrected chi connectivity index (χ3v) is 3.47. The fourth-order valence-corrected chi connectivity index (χ4v) is 2.57. The molecule has 0 unspecified atom stereocenters. The maximum absolute atomic E-state index is 11.6. The molecule has 98 valence electrons. The molecule has 0 aromatic carbocycles. The van der Waals surface area contributed by atoms with Crippen molar-refractivity contribution in [2.75, 3.05) is 26.3 Å². The van der Waals surface area contributed by atoms with Crippen LogP contribution in [-0.4, -0.2) is 59.1 Å². The topological polar surface area (TPSA) is 56.6 Å². The second-order valence-electron chi connectivity index (χ2n) is 4.69. The van der Waals surface area contributed by atoms with E-state index in [2.05, 4.69) is 10.00 Å². The summed E-state index contributed by atoms with van der Waals surface area (Å²) in [4.78, 5) is 13.7. The van der Waals surface area contributed by atoms with Crippen molar-refractivity contribution in [1.82, 2.24) is 14.7 Å². The first-order chi connectivity index (χ1) is 8.83. The van der Waals surface area contributed by atoms with Gasteiger partial charge in [-0.2, -0.15) is 5.10 Å². The summed E-state index contributed by atoms with van der Waals surface area (Å²) in [5, 5.41) is 4.17. The minimum absolute atomic E-state index is 0.0750. The van der Waals surface area contributed by atoms with Crippen LogP contribution < -0.4 is 0 Å². The summed E-state index contributed by atoms with van der Waals surface area (Å²) < 4.78 is 12.6. The van der Waals surface area contributed by atoms with Gasteiger partial charge in [0.1, 0.15) is 6.04 Å². The van der Waals surface area contributed by atoms with E-state index in [1.165, 1.54) is 0 Å². The largest absolute Gasteiger partial charge is 0.464 e. The fraction of sp³-hybridized carbons (Fsp3) is 0.667. The summed E-state index contributed by atoms with van der Waals surface area (Å²) in [6.07, 6.45) is 4.57. The Kier molecular flexibility index (Phi) is 3.29. The highest BCUT2D eigenvalue weighted by atomic mass is 16.5. The van der Waals surface area contributed by atoms with E-state index in [0.29, 0.717) is 13.2 Å². The van der Waals surface area contributed by atoms with Crippen LogP contribution in [0.5, 0.6) is 0 Å². The zero-order valence-electron chi connectivity index (χ0n) is 10.2. The van der Waals surface area contributed by atoms with Crippen LogP contribution in [0.25, 0.3) is 0 Å². The Morgan fingerprint density at radius 1 is 1.44 bits per heavy atom. The number of rotatable bonds is 3. The molecular weight excluding hydrogens is 234 g/mol. The Labute approximate surface area is 105 Å². The molecule has 3 rings (SSSR count). The number of carbonyl (C=O) groups excluding carboxylic acids is 1. The Morgan fingerprint density at radius 3 is 3.11 bits per heavy atom. The first kappa shape index (κ1) is 11.7. The minimum atomic E-state index is -0.0882. The molecule has 2 atom stereocenters. The van der Waals surface area contributed by atoms with Gasteiger partial charge in [0.15, 0.2) is 0 Å². The maximum atomic E-state index is 11.6. The molecule has 2 aliphatic rings. The molecule has 0 amide bonds. The molecule has 6 nitrogen and oxygen atoms in total. The minimum Gasteiger partial charge on any atom is -0.464 e. The quantitative estimate of drug-likeness (QED) is 0.702. The molecule has 2 fully saturated rings. The van der Waals surface area contributed by atoms with Gasteiger partial charge >= 0.3 is 5.97 Å². The van der Waals surface area contributed by atoms with E-state index in [9.17, 15) is 4.79 Å². The van der Waals surface area contributed by atoms with Gasteiger partial charge < -0.3 is 9.47 Å². The van der Waals surface area contributed by atoms with Gasteiger partial charge in [-0.25, -0.2) is 0 Å². The van der Waals surface area contributed by atoms with Gasteiger partial charge in [0.05, 0.1) is 25.9 Å². The number of hydrogen-bond acceptors (Lipinski definition) is 5.